The van der Waals surface area contributed by atoms with Gasteiger partial charge in [-0.25, -0.2) is 0 Å². The predicted molar refractivity (Wildman–Crippen MR) is 85.9 cm³/mol. The van der Waals surface area contributed by atoms with E-state index in [9.17, 15) is 0 Å². The molecule has 3 heteroatoms. The predicted octanol–water partition coefficient (Wildman–Crippen LogP) is 5.00. The van der Waals surface area contributed by atoms with Crippen LogP contribution in [0.4, 0.5) is 0 Å². The summed E-state index contributed by atoms with van der Waals surface area (Å²) in [5, 5.41) is 2.14. The van der Waals surface area contributed by atoms with E-state index in [1.54, 1.807) is 11.3 Å². The second-order valence-corrected chi connectivity index (χ2v) is 8.16. The minimum Gasteiger partial charge on any atom is -0.346 e. The number of allylic oxidation sites excluding steroid dienone is 1. The lowest BCUT2D eigenvalue weighted by Crippen LogP contribution is -2.61. The second-order valence-electron chi connectivity index (χ2n) is 5.55. The highest BCUT2D eigenvalue weighted by Gasteiger charge is 2.66. The van der Waals surface area contributed by atoms with Crippen LogP contribution in [0, 0.1) is 5.92 Å². The van der Waals surface area contributed by atoms with Crippen molar-refractivity contribution in [3.63, 3.8) is 0 Å². The number of hydrogen-bond donors (Lipinski definition) is 0. The summed E-state index contributed by atoms with van der Waals surface area (Å²) in [5.41, 5.74) is 0.964. The van der Waals surface area contributed by atoms with E-state index in [1.807, 2.05) is 11.8 Å². The van der Waals surface area contributed by atoms with E-state index in [2.05, 4.69) is 67.8 Å². The van der Waals surface area contributed by atoms with Gasteiger partial charge in [-0.15, -0.1) is 11.3 Å². The molecule has 1 nitrogen and oxygen atoms in total. The van der Waals surface area contributed by atoms with E-state index in [0.29, 0.717) is 5.92 Å². The molecule has 1 unspecified atom stereocenters. The zero-order valence-electron chi connectivity index (χ0n) is 11.5. The first kappa shape index (κ1) is 12.7. The van der Waals surface area contributed by atoms with Crippen molar-refractivity contribution < 1.29 is 4.74 Å². The fourth-order valence-corrected chi connectivity index (χ4v) is 5.76. The first-order chi connectivity index (χ1) is 9.65. The molecule has 0 radical (unpaired) electrons. The molecule has 0 N–H and O–H groups in total. The van der Waals surface area contributed by atoms with Gasteiger partial charge in [-0.1, -0.05) is 54.2 Å². The van der Waals surface area contributed by atoms with Gasteiger partial charge in [0.2, 0.25) is 0 Å². The average Bonchev–Trinajstić information content (AvgIpc) is 3.04. The molecule has 3 heterocycles. The van der Waals surface area contributed by atoms with Gasteiger partial charge in [0.25, 0.3) is 0 Å². The summed E-state index contributed by atoms with van der Waals surface area (Å²) in [5.74, 6) is 0.404. The van der Waals surface area contributed by atoms with Crippen LogP contribution in [-0.2, 0) is 10.3 Å². The maximum absolute atomic E-state index is 6.56. The van der Waals surface area contributed by atoms with Crippen LogP contribution in [0.2, 0.25) is 0 Å². The Morgan fingerprint density at radius 2 is 1.90 bits per heavy atom. The maximum Gasteiger partial charge on any atom is 0.139 e. The van der Waals surface area contributed by atoms with Crippen LogP contribution in [0.15, 0.2) is 58.8 Å². The van der Waals surface area contributed by atoms with Crippen molar-refractivity contribution >= 4 is 23.1 Å². The van der Waals surface area contributed by atoms with Crippen LogP contribution in [-0.4, -0.2) is 4.93 Å². The summed E-state index contributed by atoms with van der Waals surface area (Å²) in [4.78, 5) is 2.56. The Bertz CT molecular complexity index is 662. The zero-order chi connectivity index (χ0) is 13.8. The fourth-order valence-electron chi connectivity index (χ4n) is 3.46. The van der Waals surface area contributed by atoms with Crippen molar-refractivity contribution in [1.82, 2.24) is 0 Å². The molecule has 0 saturated carbocycles. The maximum atomic E-state index is 6.56. The molecule has 2 aliphatic rings. The Kier molecular flexibility index (Phi) is 2.69. The minimum atomic E-state index is -0.297. The topological polar surface area (TPSA) is 9.23 Å². The molecule has 1 fully saturated rings. The van der Waals surface area contributed by atoms with Crippen molar-refractivity contribution in [2.24, 2.45) is 5.92 Å². The molecular weight excluding hydrogens is 284 g/mol. The number of benzene rings is 1. The molecule has 3 atom stereocenters. The third-order valence-corrected chi connectivity index (χ3v) is 6.41. The highest BCUT2D eigenvalue weighted by molar-refractivity contribution is 8.04. The van der Waals surface area contributed by atoms with Gasteiger partial charge >= 0.3 is 0 Å². The largest absolute Gasteiger partial charge is 0.346 e. The molecule has 4 rings (SSSR count). The standard InChI is InChI=1S/C17H16OS2/c1-12-11-14-16(2,20-12)18-17(14,15-9-6-10-19-15)13-7-4-3-5-8-13/h3-11,14H,1-2H3/t14-,16+,17?/m1/s1. The summed E-state index contributed by atoms with van der Waals surface area (Å²) < 4.78 is 6.56. The SMILES string of the molecule is CC1=C[C@H]2C(c3ccccc3)(c3cccs3)O[C@@]2(C)S1. The smallest absolute Gasteiger partial charge is 0.139 e. The van der Waals surface area contributed by atoms with E-state index >= 15 is 0 Å². The first-order valence-corrected chi connectivity index (χ1v) is 8.52. The molecule has 2 aromatic rings. The quantitative estimate of drug-likeness (QED) is 0.771. The minimum absolute atomic E-state index is 0.107. The molecule has 1 aromatic heterocycles. The first-order valence-electron chi connectivity index (χ1n) is 6.82. The lowest BCUT2D eigenvalue weighted by molar-refractivity contribution is -0.236. The van der Waals surface area contributed by atoms with Crippen LogP contribution in [0.5, 0.6) is 0 Å². The number of fused-ring (bicyclic) bond motifs is 1. The van der Waals surface area contributed by atoms with Gasteiger partial charge in [0.15, 0.2) is 0 Å². The van der Waals surface area contributed by atoms with Gasteiger partial charge in [0.05, 0.1) is 5.92 Å². The molecule has 0 amide bonds. The van der Waals surface area contributed by atoms with E-state index in [0.717, 1.165) is 0 Å². The number of thioether (sulfide) groups is 1. The monoisotopic (exact) mass is 300 g/mol. The molecule has 0 spiro atoms. The molecular formula is C17H16OS2. The number of thiophene rings is 1. The number of ether oxygens (including phenoxy) is 1. The normalized spacial score (nSPS) is 35.3. The Labute approximate surface area is 127 Å². The van der Waals surface area contributed by atoms with Gasteiger partial charge in [-0.05, 0) is 35.8 Å². The van der Waals surface area contributed by atoms with Gasteiger partial charge in [0, 0.05) is 4.88 Å². The molecule has 0 bridgehead atoms. The molecule has 2 aliphatic heterocycles. The number of rotatable bonds is 2. The Balaban J connectivity index is 1.90. The highest BCUT2D eigenvalue weighted by atomic mass is 32.2. The molecule has 1 saturated heterocycles. The summed E-state index contributed by atoms with van der Waals surface area (Å²) in [6, 6.07) is 14.9. The molecule has 20 heavy (non-hydrogen) atoms. The third kappa shape index (κ3) is 1.54. The Morgan fingerprint density at radius 1 is 1.10 bits per heavy atom. The summed E-state index contributed by atoms with van der Waals surface area (Å²) >= 11 is 3.64. The van der Waals surface area contributed by atoms with Crippen molar-refractivity contribution in [3.8, 4) is 0 Å². The summed E-state index contributed by atoms with van der Waals surface area (Å²) in [6.07, 6.45) is 2.39. The lowest BCUT2D eigenvalue weighted by Gasteiger charge is -2.57. The summed E-state index contributed by atoms with van der Waals surface area (Å²) in [7, 11) is 0. The second kappa shape index (κ2) is 4.23. The van der Waals surface area contributed by atoms with Crippen LogP contribution >= 0.6 is 23.1 Å². The highest BCUT2D eigenvalue weighted by Crippen LogP contribution is 2.67. The van der Waals surface area contributed by atoms with E-state index in [1.165, 1.54) is 15.3 Å². The van der Waals surface area contributed by atoms with Gasteiger partial charge in [-0.3, -0.25) is 0 Å². The van der Waals surface area contributed by atoms with E-state index < -0.39 is 0 Å². The van der Waals surface area contributed by atoms with Crippen LogP contribution in [0.3, 0.4) is 0 Å². The van der Waals surface area contributed by atoms with Crippen molar-refractivity contribution in [2.45, 2.75) is 24.4 Å². The molecule has 1 aromatic carbocycles. The molecule has 0 aliphatic carbocycles. The summed E-state index contributed by atoms with van der Waals surface area (Å²) in [6.45, 7) is 4.39. The fraction of sp³-hybridized carbons (Fsp3) is 0.294. The number of hydrogen-bond acceptors (Lipinski definition) is 3. The van der Waals surface area contributed by atoms with Gasteiger partial charge in [0.1, 0.15) is 10.5 Å². The van der Waals surface area contributed by atoms with E-state index in [4.69, 9.17) is 4.74 Å². The lowest BCUT2D eigenvalue weighted by atomic mass is 9.71. The Morgan fingerprint density at radius 3 is 2.55 bits per heavy atom. The van der Waals surface area contributed by atoms with Crippen molar-refractivity contribution in [3.05, 3.63) is 69.3 Å². The van der Waals surface area contributed by atoms with Crippen molar-refractivity contribution in [1.29, 1.82) is 0 Å². The van der Waals surface area contributed by atoms with Crippen LogP contribution < -0.4 is 0 Å². The van der Waals surface area contributed by atoms with Crippen molar-refractivity contribution in [2.75, 3.05) is 0 Å². The van der Waals surface area contributed by atoms with Crippen LogP contribution in [0.25, 0.3) is 0 Å². The van der Waals surface area contributed by atoms with Gasteiger partial charge in [-0.2, -0.15) is 0 Å². The Hall–Kier alpha value is -1.03. The third-order valence-electron chi connectivity index (χ3n) is 4.22. The average molecular weight is 300 g/mol. The molecule has 102 valence electrons. The van der Waals surface area contributed by atoms with Gasteiger partial charge < -0.3 is 4.74 Å². The zero-order valence-corrected chi connectivity index (χ0v) is 13.1. The van der Waals surface area contributed by atoms with Crippen LogP contribution in [0.1, 0.15) is 24.3 Å². The van der Waals surface area contributed by atoms with E-state index in [-0.39, 0.29) is 10.5 Å².